The Labute approximate surface area is 226 Å². The van der Waals surface area contributed by atoms with Crippen LogP contribution in [0.15, 0.2) is 66.9 Å². The topological polar surface area (TPSA) is 85.2 Å². The number of carbonyl (C=O) groups excluding carboxylic acids is 2. The monoisotopic (exact) mass is 556 g/mol. The van der Waals surface area contributed by atoms with E-state index in [0.29, 0.717) is 22.3 Å². The van der Waals surface area contributed by atoms with Gasteiger partial charge in [-0.15, -0.1) is 13.2 Å². The predicted molar refractivity (Wildman–Crippen MR) is 141 cm³/mol. The number of halogens is 4. The maximum Gasteiger partial charge on any atom is 0.573 e. The molecule has 1 aliphatic rings. The Hall–Kier alpha value is -4.05. The molecule has 1 aromatic heterocycles. The van der Waals surface area contributed by atoms with Gasteiger partial charge >= 0.3 is 6.36 Å². The van der Waals surface area contributed by atoms with Crippen LogP contribution in [0.4, 0.5) is 18.9 Å². The van der Waals surface area contributed by atoms with Crippen molar-refractivity contribution in [2.24, 2.45) is 5.92 Å². The van der Waals surface area contributed by atoms with E-state index in [2.05, 4.69) is 20.5 Å². The summed E-state index contributed by atoms with van der Waals surface area (Å²) in [5, 5.41) is 10.9. The summed E-state index contributed by atoms with van der Waals surface area (Å²) < 4.78 is 43.5. The fourth-order valence-electron chi connectivity index (χ4n) is 4.75. The van der Waals surface area contributed by atoms with E-state index >= 15 is 0 Å². The number of nitrogens with zero attached hydrogens (tertiary/aromatic N) is 2. The average molecular weight is 557 g/mol. The lowest BCUT2D eigenvalue weighted by molar-refractivity contribution is -0.274. The van der Waals surface area contributed by atoms with Gasteiger partial charge in [0, 0.05) is 23.9 Å². The van der Waals surface area contributed by atoms with Gasteiger partial charge in [0.2, 0.25) is 5.91 Å². The van der Waals surface area contributed by atoms with Crippen molar-refractivity contribution in [3.05, 3.63) is 83.0 Å². The summed E-state index contributed by atoms with van der Waals surface area (Å²) in [6.45, 7) is 0.284. The second kappa shape index (κ2) is 11.0. The lowest BCUT2D eigenvalue weighted by Crippen LogP contribution is -2.28. The maximum absolute atomic E-state index is 13.2. The highest BCUT2D eigenvalue weighted by molar-refractivity contribution is 6.34. The molecule has 2 N–H and O–H groups in total. The minimum atomic E-state index is -4.82. The number of nitrogens with one attached hydrogen (secondary N) is 2. The Morgan fingerprint density at radius 3 is 2.59 bits per heavy atom. The summed E-state index contributed by atoms with van der Waals surface area (Å²) in [4.78, 5) is 25.6. The molecule has 4 aromatic rings. The number of amides is 2. The van der Waals surface area contributed by atoms with Crippen molar-refractivity contribution in [3.63, 3.8) is 0 Å². The second-order valence-electron chi connectivity index (χ2n) is 9.31. The van der Waals surface area contributed by atoms with Crippen molar-refractivity contribution in [1.29, 1.82) is 0 Å². The van der Waals surface area contributed by atoms with E-state index in [1.807, 2.05) is 0 Å². The van der Waals surface area contributed by atoms with Crippen molar-refractivity contribution in [3.8, 4) is 11.4 Å². The highest BCUT2D eigenvalue weighted by atomic mass is 35.5. The van der Waals surface area contributed by atoms with Gasteiger partial charge in [-0.25, -0.2) is 4.68 Å². The average Bonchev–Trinajstić information content (AvgIpc) is 3.58. The molecule has 5 rings (SSSR count). The number of carbonyl (C=O) groups is 2. The lowest BCUT2D eigenvalue weighted by atomic mass is 10.1. The van der Waals surface area contributed by atoms with Crippen LogP contribution in [0.1, 0.15) is 41.6 Å². The molecule has 2 amide bonds. The Morgan fingerprint density at radius 2 is 1.82 bits per heavy atom. The Morgan fingerprint density at radius 1 is 1.05 bits per heavy atom. The number of rotatable bonds is 7. The summed E-state index contributed by atoms with van der Waals surface area (Å²) in [6, 6.07) is 15.6. The molecule has 0 spiro atoms. The molecule has 1 aliphatic carbocycles. The number of hydrogen-bond donors (Lipinski definition) is 2. The first-order valence-electron chi connectivity index (χ1n) is 12.4. The third kappa shape index (κ3) is 6.17. The van der Waals surface area contributed by atoms with Crippen LogP contribution < -0.4 is 15.4 Å². The minimum absolute atomic E-state index is 0.0210. The number of ether oxygens (including phenoxy) is 1. The van der Waals surface area contributed by atoms with E-state index < -0.39 is 12.3 Å². The Balaban J connectivity index is 1.35. The minimum Gasteiger partial charge on any atom is -0.406 e. The number of benzene rings is 3. The van der Waals surface area contributed by atoms with Crippen molar-refractivity contribution in [1.82, 2.24) is 15.1 Å². The molecular weight excluding hydrogens is 533 g/mol. The third-order valence-electron chi connectivity index (χ3n) is 6.63. The Kier molecular flexibility index (Phi) is 7.47. The molecule has 7 nitrogen and oxygen atoms in total. The van der Waals surface area contributed by atoms with Gasteiger partial charge in [0.1, 0.15) is 5.75 Å². The van der Waals surface area contributed by atoms with Crippen molar-refractivity contribution < 1.29 is 27.5 Å². The van der Waals surface area contributed by atoms with Crippen LogP contribution in [0.25, 0.3) is 16.6 Å². The van der Waals surface area contributed by atoms with Gasteiger partial charge in [-0.05, 0) is 54.8 Å². The molecule has 3 aromatic carbocycles. The first kappa shape index (κ1) is 26.6. The van der Waals surface area contributed by atoms with Gasteiger partial charge < -0.3 is 15.4 Å². The molecule has 1 saturated carbocycles. The summed E-state index contributed by atoms with van der Waals surface area (Å²) in [5.74, 6) is -0.763. The number of fused-ring (bicyclic) bond motifs is 1. The van der Waals surface area contributed by atoms with Gasteiger partial charge in [0.05, 0.1) is 33.7 Å². The van der Waals surface area contributed by atoms with Gasteiger partial charge in [-0.1, -0.05) is 42.6 Å². The van der Waals surface area contributed by atoms with Crippen LogP contribution in [-0.4, -0.2) is 28.0 Å². The van der Waals surface area contributed by atoms with E-state index in [-0.39, 0.29) is 34.7 Å². The van der Waals surface area contributed by atoms with E-state index in [9.17, 15) is 22.8 Å². The van der Waals surface area contributed by atoms with Crippen LogP contribution in [0.3, 0.4) is 0 Å². The third-order valence-corrected chi connectivity index (χ3v) is 6.96. The normalized spacial score (nSPS) is 13.9. The zero-order valence-electron chi connectivity index (χ0n) is 20.6. The summed E-state index contributed by atoms with van der Waals surface area (Å²) in [5.41, 5.74) is 2.34. The SMILES string of the molecule is O=C(Nc1cccc2c1cnn2-c1cccc(OC(F)(F)F)c1)c1cc(CNC(=O)C2CCCC2)ccc1Cl. The van der Waals surface area contributed by atoms with Crippen molar-refractivity contribution in [2.75, 3.05) is 5.32 Å². The quantitative estimate of drug-likeness (QED) is 0.267. The van der Waals surface area contributed by atoms with Crippen molar-refractivity contribution in [2.45, 2.75) is 38.6 Å². The van der Waals surface area contributed by atoms with Crippen LogP contribution in [0.5, 0.6) is 5.75 Å². The fourth-order valence-corrected chi connectivity index (χ4v) is 4.95. The smallest absolute Gasteiger partial charge is 0.406 e. The molecule has 0 unspecified atom stereocenters. The molecule has 1 fully saturated rings. The van der Waals surface area contributed by atoms with Crippen LogP contribution in [0.2, 0.25) is 5.02 Å². The highest BCUT2D eigenvalue weighted by Crippen LogP contribution is 2.30. The fraction of sp³-hybridized carbons (Fsp3) is 0.250. The van der Waals surface area contributed by atoms with E-state index in [0.717, 1.165) is 31.2 Å². The second-order valence-corrected chi connectivity index (χ2v) is 9.71. The number of aromatic nitrogens is 2. The molecule has 0 aliphatic heterocycles. The zero-order valence-corrected chi connectivity index (χ0v) is 21.4. The van der Waals surface area contributed by atoms with E-state index in [4.69, 9.17) is 11.6 Å². The first-order chi connectivity index (χ1) is 18.7. The predicted octanol–water partition coefficient (Wildman–Crippen LogP) is 6.64. The Bertz CT molecular complexity index is 1530. The highest BCUT2D eigenvalue weighted by Gasteiger charge is 2.31. The molecule has 39 heavy (non-hydrogen) atoms. The number of hydrogen-bond acceptors (Lipinski definition) is 4. The van der Waals surface area contributed by atoms with Gasteiger partial charge in [0.15, 0.2) is 0 Å². The van der Waals surface area contributed by atoms with E-state index in [1.165, 1.54) is 29.1 Å². The van der Waals surface area contributed by atoms with Crippen LogP contribution in [-0.2, 0) is 11.3 Å². The summed E-state index contributed by atoms with van der Waals surface area (Å²) in [6.07, 6.45) is 0.618. The molecule has 0 atom stereocenters. The molecule has 11 heteroatoms. The largest absolute Gasteiger partial charge is 0.573 e. The van der Waals surface area contributed by atoms with Crippen LogP contribution in [0, 0.1) is 5.92 Å². The van der Waals surface area contributed by atoms with Gasteiger partial charge in [0.25, 0.3) is 5.91 Å². The molecule has 0 bridgehead atoms. The standard InChI is InChI=1S/C28H24ClF3N4O3/c29-23-12-11-17(15-33-26(37)18-5-1-2-6-18)13-21(23)27(38)35-24-9-4-10-25-22(24)16-34-36(25)19-7-3-8-20(14-19)39-28(30,31)32/h3-4,7-14,16,18H,1-2,5-6,15H2,(H,33,37)(H,35,38). The molecule has 202 valence electrons. The summed E-state index contributed by atoms with van der Waals surface area (Å²) in [7, 11) is 0. The van der Waals surface area contributed by atoms with Crippen molar-refractivity contribution >= 4 is 40.0 Å². The van der Waals surface area contributed by atoms with E-state index in [1.54, 1.807) is 42.5 Å². The molecule has 0 saturated heterocycles. The maximum atomic E-state index is 13.2. The number of alkyl halides is 3. The first-order valence-corrected chi connectivity index (χ1v) is 12.8. The zero-order chi connectivity index (χ0) is 27.6. The van der Waals surface area contributed by atoms with Gasteiger partial charge in [-0.3, -0.25) is 9.59 Å². The molecular formula is C28H24ClF3N4O3. The molecule has 0 radical (unpaired) electrons. The summed E-state index contributed by atoms with van der Waals surface area (Å²) >= 11 is 6.33. The lowest BCUT2D eigenvalue weighted by Gasteiger charge is -2.13. The van der Waals surface area contributed by atoms with Gasteiger partial charge in [-0.2, -0.15) is 5.10 Å². The molecule has 1 heterocycles. The van der Waals surface area contributed by atoms with Crippen LogP contribution >= 0.6 is 11.6 Å². The number of anilines is 1.